The number of imidazole rings is 1. The molecule has 0 bridgehead atoms. The molecule has 0 amide bonds. The van der Waals surface area contributed by atoms with Crippen LogP contribution in [0.3, 0.4) is 0 Å². The smallest absolute Gasteiger partial charge is 0.129 e. The van der Waals surface area contributed by atoms with Gasteiger partial charge < -0.3 is 10.3 Å². The van der Waals surface area contributed by atoms with Gasteiger partial charge in [-0.15, -0.1) is 0 Å². The van der Waals surface area contributed by atoms with Crippen molar-refractivity contribution >= 4 is 11.0 Å². The lowest BCUT2D eigenvalue weighted by Gasteiger charge is -2.23. The summed E-state index contributed by atoms with van der Waals surface area (Å²) in [4.78, 5) is 8.77. The monoisotopic (exact) mass is 216 g/mol. The number of aryl methyl sites for hydroxylation is 1. The first kappa shape index (κ1) is 9.78. The van der Waals surface area contributed by atoms with E-state index in [9.17, 15) is 0 Å². The van der Waals surface area contributed by atoms with Crippen LogP contribution in [0.15, 0.2) is 18.5 Å². The third kappa shape index (κ3) is 1.26. The van der Waals surface area contributed by atoms with Crippen molar-refractivity contribution in [1.29, 1.82) is 0 Å². The van der Waals surface area contributed by atoms with Crippen molar-refractivity contribution in [3.05, 3.63) is 24.3 Å². The van der Waals surface area contributed by atoms with Crippen molar-refractivity contribution in [3.63, 3.8) is 0 Å². The van der Waals surface area contributed by atoms with E-state index < -0.39 is 0 Å². The fourth-order valence-electron chi connectivity index (χ4n) is 2.38. The number of hydrogen-bond donors (Lipinski definition) is 1. The van der Waals surface area contributed by atoms with Gasteiger partial charge in [0, 0.05) is 13.2 Å². The highest BCUT2D eigenvalue weighted by molar-refractivity contribution is 5.74. The molecule has 0 aliphatic heterocycles. The molecular formula is C12H16N4. The molecule has 2 heterocycles. The third-order valence-electron chi connectivity index (χ3n) is 3.59. The lowest BCUT2D eigenvalue weighted by Crippen LogP contribution is -2.38. The highest BCUT2D eigenvalue weighted by Gasteiger charge is 2.42. The number of aromatic nitrogens is 3. The minimum Gasteiger partial charge on any atom is -0.328 e. The zero-order chi connectivity index (χ0) is 11.3. The van der Waals surface area contributed by atoms with Crippen LogP contribution in [0.1, 0.15) is 25.6 Å². The first-order chi connectivity index (χ1) is 7.60. The maximum absolute atomic E-state index is 6.40. The molecule has 2 aromatic heterocycles. The summed E-state index contributed by atoms with van der Waals surface area (Å²) in [7, 11) is 2.01. The largest absolute Gasteiger partial charge is 0.328 e. The van der Waals surface area contributed by atoms with E-state index in [1.54, 1.807) is 6.20 Å². The molecular weight excluding hydrogens is 200 g/mol. The summed E-state index contributed by atoms with van der Waals surface area (Å²) in [5.74, 6) is 1.55. The highest BCUT2D eigenvalue weighted by Crippen LogP contribution is 2.43. The molecule has 1 saturated carbocycles. The van der Waals surface area contributed by atoms with Gasteiger partial charge in [0.15, 0.2) is 0 Å². The summed E-state index contributed by atoms with van der Waals surface area (Å²) >= 11 is 0. The first-order valence-corrected chi connectivity index (χ1v) is 5.66. The maximum atomic E-state index is 6.40. The minimum absolute atomic E-state index is 0.312. The SMILES string of the molecule is Cn1c(C(C)(N)C2CC2)nc2ccncc21. The zero-order valence-electron chi connectivity index (χ0n) is 9.64. The average Bonchev–Trinajstić information content (AvgIpc) is 3.05. The molecule has 0 spiro atoms. The van der Waals surface area contributed by atoms with Gasteiger partial charge in [-0.25, -0.2) is 4.98 Å². The fourth-order valence-corrected chi connectivity index (χ4v) is 2.38. The molecule has 0 radical (unpaired) electrons. The van der Waals surface area contributed by atoms with Crippen molar-refractivity contribution in [1.82, 2.24) is 14.5 Å². The average molecular weight is 216 g/mol. The second-order valence-corrected chi connectivity index (χ2v) is 4.92. The Kier molecular flexibility index (Phi) is 1.86. The van der Waals surface area contributed by atoms with Crippen LogP contribution in [0.5, 0.6) is 0 Å². The van der Waals surface area contributed by atoms with Crippen molar-refractivity contribution < 1.29 is 0 Å². The van der Waals surface area contributed by atoms with E-state index in [2.05, 4.69) is 21.5 Å². The Hall–Kier alpha value is -1.42. The second-order valence-electron chi connectivity index (χ2n) is 4.92. The molecule has 1 aliphatic rings. The van der Waals surface area contributed by atoms with E-state index in [1.165, 1.54) is 12.8 Å². The van der Waals surface area contributed by atoms with Crippen molar-refractivity contribution in [2.24, 2.45) is 18.7 Å². The zero-order valence-corrected chi connectivity index (χ0v) is 9.64. The van der Waals surface area contributed by atoms with Gasteiger partial charge in [-0.1, -0.05) is 0 Å². The van der Waals surface area contributed by atoms with Crippen LogP contribution < -0.4 is 5.73 Å². The molecule has 2 aromatic rings. The number of fused-ring (bicyclic) bond motifs is 1. The summed E-state index contributed by atoms with van der Waals surface area (Å²) in [5, 5.41) is 0. The second kappa shape index (κ2) is 3.04. The van der Waals surface area contributed by atoms with Crippen LogP contribution in [0.2, 0.25) is 0 Å². The van der Waals surface area contributed by atoms with E-state index in [0.29, 0.717) is 5.92 Å². The Morgan fingerprint density at radius 3 is 2.88 bits per heavy atom. The van der Waals surface area contributed by atoms with Crippen LogP contribution in [0.4, 0.5) is 0 Å². The van der Waals surface area contributed by atoms with Crippen molar-refractivity contribution in [3.8, 4) is 0 Å². The van der Waals surface area contributed by atoms with Gasteiger partial charge in [-0.2, -0.15) is 0 Å². The quantitative estimate of drug-likeness (QED) is 0.828. The van der Waals surface area contributed by atoms with Crippen LogP contribution in [-0.4, -0.2) is 14.5 Å². The van der Waals surface area contributed by atoms with E-state index in [0.717, 1.165) is 16.9 Å². The lowest BCUT2D eigenvalue weighted by atomic mass is 9.96. The molecule has 1 aliphatic carbocycles. The Bertz CT molecular complexity index is 537. The Labute approximate surface area is 94.5 Å². The number of rotatable bonds is 2. The predicted octanol–water partition coefficient (Wildman–Crippen LogP) is 1.55. The molecule has 2 N–H and O–H groups in total. The highest BCUT2D eigenvalue weighted by atomic mass is 15.1. The standard InChI is InChI=1S/C12H16N4/c1-12(13,8-3-4-8)11-15-9-5-6-14-7-10(9)16(11)2/h5-8H,3-4,13H2,1-2H3. The maximum Gasteiger partial charge on any atom is 0.129 e. The number of hydrogen-bond acceptors (Lipinski definition) is 3. The molecule has 3 rings (SSSR count). The molecule has 16 heavy (non-hydrogen) atoms. The van der Waals surface area contributed by atoms with E-state index in [-0.39, 0.29) is 5.54 Å². The lowest BCUT2D eigenvalue weighted by molar-refractivity contribution is 0.391. The molecule has 1 fully saturated rings. The summed E-state index contributed by atoms with van der Waals surface area (Å²) < 4.78 is 2.07. The number of pyridine rings is 1. The van der Waals surface area contributed by atoms with Gasteiger partial charge in [-0.3, -0.25) is 4.98 Å². The number of nitrogens with two attached hydrogens (primary N) is 1. The minimum atomic E-state index is -0.312. The molecule has 84 valence electrons. The Balaban J connectivity index is 2.20. The normalized spacial score (nSPS) is 19.9. The first-order valence-electron chi connectivity index (χ1n) is 5.66. The fraction of sp³-hybridized carbons (Fsp3) is 0.500. The van der Waals surface area contributed by atoms with Gasteiger partial charge in [0.1, 0.15) is 5.82 Å². The van der Waals surface area contributed by atoms with E-state index >= 15 is 0 Å². The van der Waals surface area contributed by atoms with E-state index in [4.69, 9.17) is 5.73 Å². The molecule has 0 saturated heterocycles. The van der Waals surface area contributed by atoms with Crippen LogP contribution >= 0.6 is 0 Å². The summed E-state index contributed by atoms with van der Waals surface area (Å²) in [6.07, 6.45) is 6.04. The predicted molar refractivity (Wildman–Crippen MR) is 62.8 cm³/mol. The Morgan fingerprint density at radius 2 is 2.25 bits per heavy atom. The van der Waals surface area contributed by atoms with Gasteiger partial charge in [0.25, 0.3) is 0 Å². The molecule has 1 atom stereocenters. The van der Waals surface area contributed by atoms with Gasteiger partial charge >= 0.3 is 0 Å². The van der Waals surface area contributed by atoms with Crippen LogP contribution in [0.25, 0.3) is 11.0 Å². The molecule has 4 heteroatoms. The van der Waals surface area contributed by atoms with Crippen molar-refractivity contribution in [2.75, 3.05) is 0 Å². The molecule has 1 unspecified atom stereocenters. The van der Waals surface area contributed by atoms with Gasteiger partial charge in [0.2, 0.25) is 0 Å². The molecule has 4 nitrogen and oxygen atoms in total. The number of nitrogens with zero attached hydrogens (tertiary/aromatic N) is 3. The molecule has 0 aromatic carbocycles. The summed E-state index contributed by atoms with van der Waals surface area (Å²) in [6.45, 7) is 2.08. The van der Waals surface area contributed by atoms with Crippen LogP contribution in [-0.2, 0) is 12.6 Å². The summed E-state index contributed by atoms with van der Waals surface area (Å²) in [5.41, 5.74) is 8.12. The van der Waals surface area contributed by atoms with E-state index in [1.807, 2.05) is 19.3 Å². The Morgan fingerprint density at radius 1 is 1.50 bits per heavy atom. The third-order valence-corrected chi connectivity index (χ3v) is 3.59. The summed E-state index contributed by atoms with van der Waals surface area (Å²) in [6, 6.07) is 1.93. The topological polar surface area (TPSA) is 56.7 Å². The van der Waals surface area contributed by atoms with Gasteiger partial charge in [-0.05, 0) is 31.7 Å². The van der Waals surface area contributed by atoms with Crippen LogP contribution in [0, 0.1) is 5.92 Å². The van der Waals surface area contributed by atoms with Crippen molar-refractivity contribution in [2.45, 2.75) is 25.3 Å². The van der Waals surface area contributed by atoms with Gasteiger partial charge in [0.05, 0.1) is 22.8 Å².